The third-order valence-electron chi connectivity index (χ3n) is 1.60. The van der Waals surface area contributed by atoms with E-state index < -0.39 is 0 Å². The van der Waals surface area contributed by atoms with Crippen molar-refractivity contribution in [3.63, 3.8) is 0 Å². The molecule has 0 unspecified atom stereocenters. The van der Waals surface area contributed by atoms with Gasteiger partial charge in [-0.1, -0.05) is 18.2 Å². The van der Waals surface area contributed by atoms with Gasteiger partial charge in [0.25, 0.3) is 0 Å². The molecule has 0 aliphatic carbocycles. The monoisotopic (exact) mass is 362 g/mol. The van der Waals surface area contributed by atoms with E-state index in [9.17, 15) is 0 Å². The van der Waals surface area contributed by atoms with Crippen LogP contribution in [0.5, 0.6) is 5.75 Å². The molecule has 13 heavy (non-hydrogen) atoms. The van der Waals surface area contributed by atoms with Crippen LogP contribution in [-0.2, 0) is 42.7 Å². The molecule has 0 saturated heterocycles. The Hall–Kier alpha value is 0.526. The normalized spacial score (nSPS) is 10.8. The molecule has 1 aromatic carbocycles. The topological polar surface area (TPSA) is 9.23 Å². The van der Waals surface area contributed by atoms with Gasteiger partial charge in [0, 0.05) is 56.0 Å². The molecule has 0 saturated carbocycles. The molecule has 0 fully saturated rings. The first-order valence-electron chi connectivity index (χ1n) is 3.36. The SMILES string of the molecule is C1=COc2ccccc2C1.[Co].[Ga].[Ru]. The van der Waals surface area contributed by atoms with Gasteiger partial charge in [-0.2, -0.15) is 0 Å². The number of hydrogen-bond donors (Lipinski definition) is 0. The second kappa shape index (κ2) is 7.89. The van der Waals surface area contributed by atoms with Crippen molar-refractivity contribution in [2.45, 2.75) is 6.42 Å². The average Bonchev–Trinajstić information content (AvgIpc) is 2.05. The summed E-state index contributed by atoms with van der Waals surface area (Å²) in [6, 6.07) is 8.08. The van der Waals surface area contributed by atoms with Crippen LogP contribution in [0.25, 0.3) is 0 Å². The molecule has 0 atom stereocenters. The average molecular weight is 362 g/mol. The summed E-state index contributed by atoms with van der Waals surface area (Å²) >= 11 is 0. The van der Waals surface area contributed by atoms with Gasteiger partial charge in [0.1, 0.15) is 5.75 Å². The standard InChI is InChI=1S/C9H8O.Co.Ga.Ru/c1-2-6-9-8(4-1)5-3-7-10-9;;;/h1-4,6-7H,5H2;;;. The number of benzene rings is 1. The predicted molar refractivity (Wildman–Crippen MR) is 45.7 cm³/mol. The summed E-state index contributed by atoms with van der Waals surface area (Å²) in [7, 11) is 0. The molecule has 0 amide bonds. The predicted octanol–water partition coefficient (Wildman–Crippen LogP) is 1.75. The molecule has 2 rings (SSSR count). The van der Waals surface area contributed by atoms with Crippen LogP contribution in [0.1, 0.15) is 5.56 Å². The van der Waals surface area contributed by atoms with Gasteiger partial charge in [-0.3, -0.25) is 0 Å². The van der Waals surface area contributed by atoms with Crippen molar-refractivity contribution in [3.8, 4) is 5.75 Å². The molecule has 1 nitrogen and oxygen atoms in total. The van der Waals surface area contributed by atoms with E-state index in [1.54, 1.807) is 6.26 Å². The molecule has 0 N–H and O–H groups in total. The minimum absolute atomic E-state index is 0. The van der Waals surface area contributed by atoms with Gasteiger partial charge >= 0.3 is 0 Å². The Kier molecular flexibility index (Phi) is 9.69. The maximum absolute atomic E-state index is 5.24. The van der Waals surface area contributed by atoms with E-state index >= 15 is 0 Å². The molecule has 0 aromatic heterocycles. The molecular weight excluding hydrogens is 354 g/mol. The largest absolute Gasteiger partial charge is 0.465 e. The molecule has 0 bridgehead atoms. The Bertz CT molecular complexity index is 251. The van der Waals surface area contributed by atoms with Crippen molar-refractivity contribution in [3.05, 3.63) is 42.2 Å². The van der Waals surface area contributed by atoms with E-state index in [1.807, 2.05) is 24.3 Å². The molecule has 1 aliphatic rings. The zero-order valence-electron chi connectivity index (χ0n) is 6.84. The van der Waals surface area contributed by atoms with Crippen LogP contribution in [-0.4, -0.2) is 19.8 Å². The summed E-state index contributed by atoms with van der Waals surface area (Å²) in [5, 5.41) is 0. The minimum Gasteiger partial charge on any atom is -0.465 e. The zero-order chi connectivity index (χ0) is 6.81. The third kappa shape index (κ3) is 4.04. The molecule has 4 radical (unpaired) electrons. The van der Waals surface area contributed by atoms with Gasteiger partial charge in [-0.25, -0.2) is 0 Å². The van der Waals surface area contributed by atoms with Gasteiger partial charge in [0.05, 0.1) is 6.26 Å². The summed E-state index contributed by atoms with van der Waals surface area (Å²) < 4.78 is 5.24. The van der Waals surface area contributed by atoms with Crippen molar-refractivity contribution in [1.29, 1.82) is 0 Å². The minimum atomic E-state index is 0. The van der Waals surface area contributed by atoms with Gasteiger partial charge in [-0.15, -0.1) is 0 Å². The summed E-state index contributed by atoms with van der Waals surface area (Å²) in [4.78, 5) is 0. The fourth-order valence-electron chi connectivity index (χ4n) is 1.08. The van der Waals surface area contributed by atoms with Crippen LogP contribution in [0.15, 0.2) is 36.6 Å². The third-order valence-corrected chi connectivity index (χ3v) is 1.60. The molecule has 1 heterocycles. The van der Waals surface area contributed by atoms with Gasteiger partial charge in [0.15, 0.2) is 0 Å². The Balaban J connectivity index is 0. The Morgan fingerprint density at radius 3 is 2.54 bits per heavy atom. The second-order valence-electron chi connectivity index (χ2n) is 2.30. The molecular formula is C9H8CoGaORu. The summed E-state index contributed by atoms with van der Waals surface area (Å²) in [5.41, 5.74) is 1.27. The zero-order valence-corrected chi connectivity index (χ0v) is 12.0. The number of rotatable bonds is 0. The van der Waals surface area contributed by atoms with Crippen molar-refractivity contribution in [2.75, 3.05) is 0 Å². The first kappa shape index (κ1) is 16.0. The van der Waals surface area contributed by atoms with Crippen molar-refractivity contribution in [1.82, 2.24) is 0 Å². The second-order valence-corrected chi connectivity index (χ2v) is 2.30. The molecule has 0 spiro atoms. The number of fused-ring (bicyclic) bond motifs is 1. The Morgan fingerprint density at radius 1 is 1.15 bits per heavy atom. The van der Waals surface area contributed by atoms with Crippen LogP contribution >= 0.6 is 0 Å². The van der Waals surface area contributed by atoms with E-state index in [2.05, 4.69) is 6.07 Å². The fraction of sp³-hybridized carbons (Fsp3) is 0.111. The van der Waals surface area contributed by atoms with Crippen LogP contribution in [0.3, 0.4) is 0 Å². The number of ether oxygens (including phenoxy) is 1. The molecule has 70 valence electrons. The van der Waals surface area contributed by atoms with E-state index in [-0.39, 0.29) is 56.0 Å². The molecule has 1 aromatic rings. The Morgan fingerprint density at radius 2 is 1.85 bits per heavy atom. The van der Waals surface area contributed by atoms with Gasteiger partial charge in [0.2, 0.25) is 0 Å². The van der Waals surface area contributed by atoms with Crippen LogP contribution < -0.4 is 4.74 Å². The van der Waals surface area contributed by atoms with Crippen LogP contribution in [0.4, 0.5) is 0 Å². The quantitative estimate of drug-likeness (QED) is 0.640. The van der Waals surface area contributed by atoms with E-state index in [0.717, 1.165) is 12.2 Å². The van der Waals surface area contributed by atoms with Crippen LogP contribution in [0, 0.1) is 0 Å². The first-order chi connectivity index (χ1) is 4.97. The summed E-state index contributed by atoms with van der Waals surface area (Å²) in [6.45, 7) is 0. The summed E-state index contributed by atoms with van der Waals surface area (Å²) in [5.74, 6) is 0.991. The summed E-state index contributed by atoms with van der Waals surface area (Å²) in [6.07, 6.45) is 4.75. The van der Waals surface area contributed by atoms with Crippen molar-refractivity contribution >= 4 is 19.8 Å². The van der Waals surface area contributed by atoms with E-state index in [1.165, 1.54) is 5.56 Å². The number of hydrogen-bond acceptors (Lipinski definition) is 1. The van der Waals surface area contributed by atoms with Crippen LogP contribution in [0.2, 0.25) is 0 Å². The van der Waals surface area contributed by atoms with E-state index in [4.69, 9.17) is 4.74 Å². The fourth-order valence-corrected chi connectivity index (χ4v) is 1.08. The maximum atomic E-state index is 5.24. The molecule has 4 heteroatoms. The van der Waals surface area contributed by atoms with Gasteiger partial charge in [-0.05, 0) is 24.1 Å². The molecule has 1 aliphatic heterocycles. The Labute approximate surface area is 114 Å². The van der Waals surface area contributed by atoms with Gasteiger partial charge < -0.3 is 4.74 Å². The maximum Gasteiger partial charge on any atom is 0.130 e. The smallest absolute Gasteiger partial charge is 0.130 e. The number of para-hydroxylation sites is 1. The van der Waals surface area contributed by atoms with Crippen molar-refractivity contribution < 1.29 is 41.0 Å². The van der Waals surface area contributed by atoms with Crippen molar-refractivity contribution in [2.24, 2.45) is 0 Å². The first-order valence-corrected chi connectivity index (χ1v) is 3.36. The van der Waals surface area contributed by atoms with E-state index in [0.29, 0.717) is 0 Å². The number of allylic oxidation sites excluding steroid dienone is 1.